The summed E-state index contributed by atoms with van der Waals surface area (Å²) in [6.45, 7) is 14.4. The molecule has 0 unspecified atom stereocenters. The molecule has 0 atom stereocenters. The number of aromatic nitrogens is 4. The minimum Gasteiger partial charge on any atom is -0.369 e. The molecule has 0 aliphatic carbocycles. The number of hydrogen-bond donors (Lipinski definition) is 2. The highest BCUT2D eigenvalue weighted by Crippen LogP contribution is 2.51. The van der Waals surface area contributed by atoms with E-state index in [1.54, 1.807) is 60.0 Å². The minimum absolute atomic E-state index is 0.0477. The molecule has 0 radical (unpaired) electrons. The third-order valence-electron chi connectivity index (χ3n) is 4.64. The van der Waals surface area contributed by atoms with Gasteiger partial charge in [0, 0.05) is 12.5 Å². The topological polar surface area (TPSA) is 179 Å². The summed E-state index contributed by atoms with van der Waals surface area (Å²) in [6.07, 6.45) is -0.425. The molecule has 0 amide bonds. The van der Waals surface area contributed by atoms with Crippen molar-refractivity contribution >= 4 is 32.3 Å². The van der Waals surface area contributed by atoms with Crippen molar-refractivity contribution in [2.75, 3.05) is 31.6 Å². The lowest BCUT2D eigenvalue weighted by molar-refractivity contribution is 0.0377. The predicted molar refractivity (Wildman–Crippen MR) is 148 cm³/mol. The smallest absolute Gasteiger partial charge is 0.356 e. The van der Waals surface area contributed by atoms with E-state index in [1.165, 1.54) is 6.33 Å². The van der Waals surface area contributed by atoms with Crippen LogP contribution in [-0.2, 0) is 43.2 Å². The maximum atomic E-state index is 13.2. The standard InChI is InChI=1S/C23H43N5O9P2/c1-15(2)34-38(30,35-16(3)4)13-32-10-19(11-33-14-39(31,36-17(5)6)37-18(7)8)9-28-12-25-20-21(28)26-23(24)27-22(20)29/h12,15-19H,9-11,13-14H2,1-8H3,(H3,24,26,27,29). The van der Waals surface area contributed by atoms with Crippen LogP contribution < -0.4 is 11.3 Å². The van der Waals surface area contributed by atoms with E-state index in [-0.39, 0.29) is 79.9 Å². The van der Waals surface area contributed by atoms with Crippen LogP contribution in [0.4, 0.5) is 5.95 Å². The number of anilines is 1. The van der Waals surface area contributed by atoms with E-state index in [9.17, 15) is 13.9 Å². The van der Waals surface area contributed by atoms with Crippen LogP contribution in [-0.4, -0.2) is 69.8 Å². The average Bonchev–Trinajstić information content (AvgIpc) is 3.13. The zero-order valence-corrected chi connectivity index (χ0v) is 25.8. The molecule has 0 saturated heterocycles. The number of hydrogen-bond acceptors (Lipinski definition) is 12. The summed E-state index contributed by atoms with van der Waals surface area (Å²) in [5.74, 6) is -0.434. The van der Waals surface area contributed by atoms with E-state index in [0.29, 0.717) is 0 Å². The number of ether oxygens (including phenoxy) is 2. The van der Waals surface area contributed by atoms with Gasteiger partial charge in [-0.1, -0.05) is 0 Å². The van der Waals surface area contributed by atoms with Gasteiger partial charge in [-0.05, 0) is 55.4 Å². The zero-order chi connectivity index (χ0) is 29.4. The van der Waals surface area contributed by atoms with Gasteiger partial charge in [-0.2, -0.15) is 4.98 Å². The van der Waals surface area contributed by atoms with Crippen molar-refractivity contribution in [3.8, 4) is 0 Å². The molecule has 0 bridgehead atoms. The van der Waals surface area contributed by atoms with Crippen molar-refractivity contribution in [1.82, 2.24) is 19.5 Å². The second-order valence-corrected chi connectivity index (χ2v) is 14.0. The second-order valence-electron chi connectivity index (χ2n) is 10.2. The number of H-pyrrole nitrogens is 1. The molecule has 2 heterocycles. The quantitative estimate of drug-likeness (QED) is 0.233. The van der Waals surface area contributed by atoms with E-state index >= 15 is 0 Å². The summed E-state index contributed by atoms with van der Waals surface area (Å²) >= 11 is 0. The largest absolute Gasteiger partial charge is 0.369 e. The summed E-state index contributed by atoms with van der Waals surface area (Å²) < 4.78 is 61.8. The molecule has 3 N–H and O–H groups in total. The van der Waals surface area contributed by atoms with Crippen LogP contribution in [0.5, 0.6) is 0 Å². The van der Waals surface area contributed by atoms with E-state index in [0.717, 1.165) is 0 Å². The summed E-state index contributed by atoms with van der Waals surface area (Å²) in [5, 5.41) is 0. The predicted octanol–water partition coefficient (Wildman–Crippen LogP) is 4.35. The van der Waals surface area contributed by atoms with Gasteiger partial charge >= 0.3 is 15.2 Å². The van der Waals surface area contributed by atoms with Crippen molar-refractivity contribution in [3.05, 3.63) is 16.7 Å². The Hall–Kier alpha value is -1.63. The maximum absolute atomic E-state index is 13.2. The first-order valence-electron chi connectivity index (χ1n) is 12.9. The molecule has 16 heteroatoms. The molecule has 2 aromatic rings. The van der Waals surface area contributed by atoms with Crippen molar-refractivity contribution in [2.24, 2.45) is 5.92 Å². The molecule has 224 valence electrons. The number of nitrogens with zero attached hydrogens (tertiary/aromatic N) is 3. The molecule has 0 saturated carbocycles. The molecule has 2 aromatic heterocycles. The highest BCUT2D eigenvalue weighted by atomic mass is 31.2. The number of nitrogens with one attached hydrogen (secondary N) is 1. The fourth-order valence-corrected chi connectivity index (χ4v) is 7.23. The van der Waals surface area contributed by atoms with Crippen molar-refractivity contribution in [3.63, 3.8) is 0 Å². The van der Waals surface area contributed by atoms with Crippen LogP contribution in [0.1, 0.15) is 55.4 Å². The molecular weight excluding hydrogens is 552 g/mol. The third-order valence-corrected chi connectivity index (χ3v) is 8.61. The van der Waals surface area contributed by atoms with Gasteiger partial charge in [0.05, 0.1) is 44.0 Å². The SMILES string of the molecule is CC(C)OP(=O)(COCC(COCP(=O)(OC(C)C)OC(C)C)Cn1cnc2c(=O)[nH]c(N)nc21)OC(C)C. The van der Waals surface area contributed by atoms with E-state index < -0.39 is 20.8 Å². The van der Waals surface area contributed by atoms with Gasteiger partial charge in [-0.3, -0.25) is 18.9 Å². The van der Waals surface area contributed by atoms with Crippen LogP contribution in [0, 0.1) is 5.92 Å². The van der Waals surface area contributed by atoms with E-state index in [2.05, 4.69) is 15.0 Å². The Morgan fingerprint density at radius 3 is 1.69 bits per heavy atom. The van der Waals surface area contributed by atoms with Crippen LogP contribution in [0.15, 0.2) is 11.1 Å². The summed E-state index contributed by atoms with van der Waals surface area (Å²) in [5.41, 5.74) is 5.68. The maximum Gasteiger partial charge on any atom is 0.356 e. The number of imidazole rings is 1. The van der Waals surface area contributed by atoms with Crippen LogP contribution in [0.25, 0.3) is 11.2 Å². The zero-order valence-electron chi connectivity index (χ0n) is 24.0. The summed E-state index contributed by atoms with van der Waals surface area (Å²) in [4.78, 5) is 22.9. The highest BCUT2D eigenvalue weighted by Gasteiger charge is 2.31. The summed E-state index contributed by atoms with van der Waals surface area (Å²) in [7, 11) is -7.07. The Morgan fingerprint density at radius 2 is 1.28 bits per heavy atom. The van der Waals surface area contributed by atoms with Crippen LogP contribution in [0.2, 0.25) is 0 Å². The Kier molecular flexibility index (Phi) is 12.8. The second kappa shape index (κ2) is 14.8. The average molecular weight is 596 g/mol. The van der Waals surface area contributed by atoms with Gasteiger partial charge in [0.2, 0.25) is 5.95 Å². The molecular formula is C23H43N5O9P2. The van der Waals surface area contributed by atoms with Crippen molar-refractivity contribution < 1.29 is 36.7 Å². The Bertz CT molecular complexity index is 1130. The van der Waals surface area contributed by atoms with Crippen molar-refractivity contribution in [1.29, 1.82) is 0 Å². The van der Waals surface area contributed by atoms with Gasteiger partial charge in [-0.15, -0.1) is 0 Å². The Labute approximate surface area is 229 Å². The Morgan fingerprint density at radius 1 is 0.846 bits per heavy atom. The minimum atomic E-state index is -3.54. The van der Waals surface area contributed by atoms with Crippen LogP contribution in [0.3, 0.4) is 0 Å². The lowest BCUT2D eigenvalue weighted by Crippen LogP contribution is -2.24. The Balaban J connectivity index is 2.21. The molecule has 2 rings (SSSR count). The molecule has 0 aliphatic rings. The van der Waals surface area contributed by atoms with E-state index in [1.807, 2.05) is 0 Å². The van der Waals surface area contributed by atoms with Gasteiger partial charge in [0.1, 0.15) is 12.7 Å². The van der Waals surface area contributed by atoms with Gasteiger partial charge in [0.25, 0.3) is 5.56 Å². The molecule has 0 fully saturated rings. The van der Waals surface area contributed by atoms with Gasteiger partial charge in [0.15, 0.2) is 11.2 Å². The van der Waals surface area contributed by atoms with Crippen molar-refractivity contribution in [2.45, 2.75) is 86.4 Å². The van der Waals surface area contributed by atoms with Crippen LogP contribution >= 0.6 is 15.2 Å². The molecule has 0 spiro atoms. The first-order chi connectivity index (χ1) is 18.1. The fourth-order valence-electron chi connectivity index (χ4n) is 3.65. The number of aromatic amines is 1. The summed E-state index contributed by atoms with van der Waals surface area (Å²) in [6, 6.07) is 0. The van der Waals surface area contributed by atoms with Gasteiger partial charge in [-0.25, -0.2) is 4.98 Å². The third kappa shape index (κ3) is 11.4. The molecule has 14 nitrogen and oxygen atoms in total. The van der Waals surface area contributed by atoms with Gasteiger partial charge < -0.3 is 37.9 Å². The molecule has 0 aromatic carbocycles. The number of fused-ring (bicyclic) bond motifs is 1. The fraction of sp³-hybridized carbons (Fsp3) is 0.783. The molecule has 0 aliphatic heterocycles. The lowest BCUT2D eigenvalue weighted by atomic mass is 10.2. The first kappa shape index (κ1) is 33.6. The first-order valence-corrected chi connectivity index (χ1v) is 16.3. The van der Waals surface area contributed by atoms with E-state index in [4.69, 9.17) is 33.3 Å². The normalized spacial score (nSPS) is 13.3. The number of rotatable bonds is 18. The molecule has 39 heavy (non-hydrogen) atoms. The lowest BCUT2D eigenvalue weighted by Gasteiger charge is -2.25. The number of nitrogens with two attached hydrogens (primary N) is 1. The number of nitrogen functional groups attached to an aromatic ring is 1. The monoisotopic (exact) mass is 595 g/mol. The highest BCUT2D eigenvalue weighted by molar-refractivity contribution is 7.53.